The minimum atomic E-state index is -0.260. The molecular weight excluding hydrogens is 236 g/mol. The van der Waals surface area contributed by atoms with E-state index in [2.05, 4.69) is 26.8 Å². The first-order valence-corrected chi connectivity index (χ1v) is 7.38. The molecule has 2 nitrogen and oxygen atoms in total. The van der Waals surface area contributed by atoms with Gasteiger partial charge in [-0.3, -0.25) is 0 Å². The van der Waals surface area contributed by atoms with Crippen LogP contribution in [0.25, 0.3) is 0 Å². The molecule has 1 atom stereocenters. The molecule has 0 aromatic carbocycles. The summed E-state index contributed by atoms with van der Waals surface area (Å²) in [4.78, 5) is 11.4. The summed E-state index contributed by atoms with van der Waals surface area (Å²) in [7, 11) is 0. The topological polar surface area (TPSA) is 26.3 Å². The molecule has 0 aromatic rings. The lowest BCUT2D eigenvalue weighted by atomic mass is 9.99. The van der Waals surface area contributed by atoms with E-state index in [0.717, 1.165) is 11.5 Å². The van der Waals surface area contributed by atoms with Gasteiger partial charge >= 0.3 is 5.97 Å². The second kappa shape index (κ2) is 9.82. The van der Waals surface area contributed by atoms with Gasteiger partial charge in [-0.2, -0.15) is 0 Å². The van der Waals surface area contributed by atoms with Crippen molar-refractivity contribution in [3.8, 4) is 0 Å². The molecule has 19 heavy (non-hydrogen) atoms. The van der Waals surface area contributed by atoms with E-state index in [1.54, 1.807) is 6.08 Å². The summed E-state index contributed by atoms with van der Waals surface area (Å²) in [6, 6.07) is 0. The van der Waals surface area contributed by atoms with Gasteiger partial charge in [0.25, 0.3) is 0 Å². The van der Waals surface area contributed by atoms with Crippen molar-refractivity contribution in [1.29, 1.82) is 0 Å². The zero-order valence-electron chi connectivity index (χ0n) is 13.4. The molecule has 0 aliphatic rings. The molecule has 0 bridgehead atoms. The van der Waals surface area contributed by atoms with Gasteiger partial charge in [-0.05, 0) is 44.6 Å². The van der Waals surface area contributed by atoms with Crippen molar-refractivity contribution >= 4 is 5.97 Å². The molecule has 0 aliphatic heterocycles. The van der Waals surface area contributed by atoms with Crippen LogP contribution in [0.1, 0.15) is 60.8 Å². The fraction of sp³-hybridized carbons (Fsp3) is 0.706. The van der Waals surface area contributed by atoms with Crippen LogP contribution in [-0.2, 0) is 9.53 Å². The highest BCUT2D eigenvalue weighted by Gasteiger charge is 2.02. The third kappa shape index (κ3) is 11.8. The van der Waals surface area contributed by atoms with Crippen LogP contribution >= 0.6 is 0 Å². The zero-order chi connectivity index (χ0) is 14.8. The minimum Gasteiger partial charge on any atom is -0.460 e. The predicted octanol–water partition coefficient (Wildman–Crippen LogP) is 4.90. The number of hydrogen-bond acceptors (Lipinski definition) is 2. The molecule has 0 spiro atoms. The Kier molecular flexibility index (Phi) is 9.28. The number of carbonyl (C=O) groups excluding carboxylic acids is 1. The standard InChI is InChI=1S/C17H30O2/c1-13(2)8-7-9-15(5)10-11-16(6)12-17(18)19-14(3)4/h10-15H,7-9H2,1-6H3. The monoisotopic (exact) mass is 266 g/mol. The number of hydrogen-bond donors (Lipinski definition) is 0. The number of esters is 1. The molecule has 0 amide bonds. The zero-order valence-corrected chi connectivity index (χ0v) is 13.4. The Bertz CT molecular complexity index is 311. The summed E-state index contributed by atoms with van der Waals surface area (Å²) in [5.41, 5.74) is 0.946. The van der Waals surface area contributed by atoms with Crippen molar-refractivity contribution in [2.75, 3.05) is 0 Å². The number of ether oxygens (including phenoxy) is 1. The normalized spacial score (nSPS) is 14.4. The highest BCUT2D eigenvalue weighted by Crippen LogP contribution is 2.14. The van der Waals surface area contributed by atoms with E-state index in [4.69, 9.17) is 4.74 Å². The first-order valence-electron chi connectivity index (χ1n) is 7.38. The second-order valence-corrected chi connectivity index (χ2v) is 6.04. The fourth-order valence-corrected chi connectivity index (χ4v) is 1.76. The summed E-state index contributed by atoms with van der Waals surface area (Å²) < 4.78 is 5.07. The van der Waals surface area contributed by atoms with Crippen LogP contribution in [0.3, 0.4) is 0 Å². The van der Waals surface area contributed by atoms with E-state index in [1.165, 1.54) is 19.3 Å². The maximum absolute atomic E-state index is 11.4. The van der Waals surface area contributed by atoms with E-state index < -0.39 is 0 Å². The first kappa shape index (κ1) is 17.9. The van der Waals surface area contributed by atoms with E-state index in [0.29, 0.717) is 5.92 Å². The molecule has 0 fully saturated rings. The van der Waals surface area contributed by atoms with Gasteiger partial charge in [0.1, 0.15) is 0 Å². The average Bonchev–Trinajstić information content (AvgIpc) is 2.24. The Hall–Kier alpha value is -1.05. The van der Waals surface area contributed by atoms with Crippen molar-refractivity contribution < 1.29 is 9.53 Å². The molecule has 2 heteroatoms. The van der Waals surface area contributed by atoms with Crippen LogP contribution < -0.4 is 0 Å². The van der Waals surface area contributed by atoms with Crippen LogP contribution in [0, 0.1) is 11.8 Å². The molecule has 110 valence electrons. The maximum atomic E-state index is 11.4. The Labute approximate surface area is 118 Å². The largest absolute Gasteiger partial charge is 0.460 e. The summed E-state index contributed by atoms with van der Waals surface area (Å²) in [6.07, 6.45) is 9.44. The Morgan fingerprint density at radius 2 is 1.74 bits per heavy atom. The van der Waals surface area contributed by atoms with E-state index in [-0.39, 0.29) is 12.1 Å². The Morgan fingerprint density at radius 1 is 1.11 bits per heavy atom. The van der Waals surface area contributed by atoms with Gasteiger partial charge < -0.3 is 4.74 Å². The quantitative estimate of drug-likeness (QED) is 0.355. The Morgan fingerprint density at radius 3 is 2.26 bits per heavy atom. The molecule has 0 heterocycles. The van der Waals surface area contributed by atoms with Gasteiger partial charge in [0, 0.05) is 6.08 Å². The predicted molar refractivity (Wildman–Crippen MR) is 82.0 cm³/mol. The Balaban J connectivity index is 4.08. The van der Waals surface area contributed by atoms with Crippen LogP contribution in [0.4, 0.5) is 0 Å². The van der Waals surface area contributed by atoms with Crippen molar-refractivity contribution in [3.05, 3.63) is 23.8 Å². The van der Waals surface area contributed by atoms with Crippen LogP contribution in [0.2, 0.25) is 0 Å². The van der Waals surface area contributed by atoms with Gasteiger partial charge in [-0.15, -0.1) is 0 Å². The van der Waals surface area contributed by atoms with Crippen LogP contribution in [0.5, 0.6) is 0 Å². The third-order valence-corrected chi connectivity index (χ3v) is 2.83. The molecule has 0 aliphatic carbocycles. The second-order valence-electron chi connectivity index (χ2n) is 6.04. The summed E-state index contributed by atoms with van der Waals surface area (Å²) in [5, 5.41) is 0. The van der Waals surface area contributed by atoms with Crippen molar-refractivity contribution in [3.63, 3.8) is 0 Å². The molecule has 0 N–H and O–H groups in total. The number of carbonyl (C=O) groups is 1. The maximum Gasteiger partial charge on any atom is 0.331 e. The molecule has 1 unspecified atom stereocenters. The highest BCUT2D eigenvalue weighted by molar-refractivity contribution is 5.83. The van der Waals surface area contributed by atoms with E-state index in [1.807, 2.05) is 26.8 Å². The highest BCUT2D eigenvalue weighted by atomic mass is 16.5. The van der Waals surface area contributed by atoms with Crippen LogP contribution in [-0.4, -0.2) is 12.1 Å². The van der Waals surface area contributed by atoms with Gasteiger partial charge in [0.15, 0.2) is 0 Å². The molecule has 0 saturated heterocycles. The average molecular weight is 266 g/mol. The van der Waals surface area contributed by atoms with E-state index >= 15 is 0 Å². The lowest BCUT2D eigenvalue weighted by molar-refractivity contribution is -0.141. The first-order chi connectivity index (χ1) is 8.81. The van der Waals surface area contributed by atoms with Crippen molar-refractivity contribution in [2.45, 2.75) is 66.9 Å². The van der Waals surface area contributed by atoms with Crippen molar-refractivity contribution in [1.82, 2.24) is 0 Å². The van der Waals surface area contributed by atoms with Gasteiger partial charge in [-0.25, -0.2) is 4.79 Å². The molecule has 0 radical (unpaired) electrons. The van der Waals surface area contributed by atoms with Crippen molar-refractivity contribution in [2.24, 2.45) is 11.8 Å². The van der Waals surface area contributed by atoms with E-state index in [9.17, 15) is 4.79 Å². The van der Waals surface area contributed by atoms with Gasteiger partial charge in [-0.1, -0.05) is 45.8 Å². The molecule has 0 aromatic heterocycles. The fourth-order valence-electron chi connectivity index (χ4n) is 1.76. The summed E-state index contributed by atoms with van der Waals surface area (Å²) in [6.45, 7) is 12.4. The number of rotatable bonds is 8. The molecular formula is C17H30O2. The SMILES string of the molecule is CC(C=CC(C)CCCC(C)C)=CC(=O)OC(C)C. The lowest BCUT2D eigenvalue weighted by Gasteiger charge is -2.08. The smallest absolute Gasteiger partial charge is 0.331 e. The third-order valence-electron chi connectivity index (χ3n) is 2.83. The van der Waals surface area contributed by atoms with Crippen LogP contribution in [0.15, 0.2) is 23.8 Å². The number of allylic oxidation sites excluding steroid dienone is 3. The minimum absolute atomic E-state index is 0.0597. The lowest BCUT2D eigenvalue weighted by Crippen LogP contribution is -2.08. The van der Waals surface area contributed by atoms with Gasteiger partial charge in [0.05, 0.1) is 6.10 Å². The molecule has 0 saturated carbocycles. The summed E-state index contributed by atoms with van der Waals surface area (Å²) in [5.74, 6) is 1.08. The summed E-state index contributed by atoms with van der Waals surface area (Å²) >= 11 is 0. The molecule has 0 rings (SSSR count). The van der Waals surface area contributed by atoms with Gasteiger partial charge in [0.2, 0.25) is 0 Å².